The SMILES string of the molecule is CCNC(=O)[C@@H]1C[C@H](NC(=O)c2ccccc2)CN1Cc1sccc1C. The fraction of sp³-hybridized carbons (Fsp3) is 0.400. The van der Waals surface area contributed by atoms with Gasteiger partial charge in [0.25, 0.3) is 5.91 Å². The summed E-state index contributed by atoms with van der Waals surface area (Å²) in [5, 5.41) is 8.10. The van der Waals surface area contributed by atoms with Crippen molar-refractivity contribution < 1.29 is 9.59 Å². The molecular weight excluding hydrogens is 346 g/mol. The summed E-state index contributed by atoms with van der Waals surface area (Å²) in [6, 6.07) is 11.1. The number of amides is 2. The largest absolute Gasteiger partial charge is 0.355 e. The first-order chi connectivity index (χ1) is 12.6. The number of carbonyl (C=O) groups excluding carboxylic acids is 2. The highest BCUT2D eigenvalue weighted by molar-refractivity contribution is 7.10. The van der Waals surface area contributed by atoms with Crippen molar-refractivity contribution in [1.29, 1.82) is 0 Å². The van der Waals surface area contributed by atoms with E-state index in [1.54, 1.807) is 23.5 Å². The highest BCUT2D eigenvalue weighted by Crippen LogP contribution is 2.25. The van der Waals surface area contributed by atoms with Gasteiger partial charge in [0.2, 0.25) is 5.91 Å². The normalized spacial score (nSPS) is 20.1. The van der Waals surface area contributed by atoms with Crippen LogP contribution in [0.5, 0.6) is 0 Å². The number of likely N-dealkylation sites (N-methyl/N-ethyl adjacent to an activating group) is 1. The Hall–Kier alpha value is -2.18. The van der Waals surface area contributed by atoms with E-state index in [4.69, 9.17) is 0 Å². The molecule has 0 unspecified atom stereocenters. The van der Waals surface area contributed by atoms with Gasteiger partial charge in [-0.25, -0.2) is 0 Å². The number of benzene rings is 1. The van der Waals surface area contributed by atoms with Crippen molar-refractivity contribution in [3.8, 4) is 0 Å². The number of carbonyl (C=O) groups is 2. The standard InChI is InChI=1S/C20H25N3O2S/c1-3-21-20(25)17-11-16(22-19(24)15-7-5-4-6-8-15)12-23(17)13-18-14(2)9-10-26-18/h4-10,16-17H,3,11-13H2,1-2H3,(H,21,25)(H,22,24)/t16-,17-/m0/s1. The molecule has 1 aliphatic heterocycles. The van der Waals surface area contributed by atoms with Gasteiger partial charge in [-0.3, -0.25) is 14.5 Å². The van der Waals surface area contributed by atoms with Crippen LogP contribution in [0.25, 0.3) is 0 Å². The lowest BCUT2D eigenvalue weighted by molar-refractivity contribution is -0.125. The third-order valence-electron chi connectivity index (χ3n) is 4.74. The van der Waals surface area contributed by atoms with Crippen LogP contribution >= 0.6 is 11.3 Å². The summed E-state index contributed by atoms with van der Waals surface area (Å²) in [6.45, 7) is 6.05. The van der Waals surface area contributed by atoms with Gasteiger partial charge in [0, 0.05) is 36.1 Å². The maximum Gasteiger partial charge on any atom is 0.251 e. The minimum absolute atomic E-state index is 0.0319. The average molecular weight is 372 g/mol. The van der Waals surface area contributed by atoms with Crippen LogP contribution in [0, 0.1) is 6.92 Å². The van der Waals surface area contributed by atoms with E-state index in [1.165, 1.54) is 10.4 Å². The summed E-state index contributed by atoms with van der Waals surface area (Å²) in [5.41, 5.74) is 1.90. The van der Waals surface area contributed by atoms with Crippen LogP contribution in [0.3, 0.4) is 0 Å². The van der Waals surface area contributed by atoms with Crippen molar-refractivity contribution in [3.05, 3.63) is 57.8 Å². The van der Waals surface area contributed by atoms with E-state index in [-0.39, 0.29) is 23.9 Å². The number of likely N-dealkylation sites (tertiary alicyclic amines) is 1. The first-order valence-corrected chi connectivity index (χ1v) is 9.87. The van der Waals surface area contributed by atoms with Crippen molar-refractivity contribution in [2.24, 2.45) is 0 Å². The molecular formula is C20H25N3O2S. The maximum absolute atomic E-state index is 12.5. The van der Waals surface area contributed by atoms with Crippen molar-refractivity contribution in [1.82, 2.24) is 15.5 Å². The van der Waals surface area contributed by atoms with Gasteiger partial charge in [-0.15, -0.1) is 11.3 Å². The van der Waals surface area contributed by atoms with E-state index in [0.717, 1.165) is 6.54 Å². The molecule has 0 bridgehead atoms. The minimum Gasteiger partial charge on any atom is -0.355 e. The molecule has 5 nitrogen and oxygen atoms in total. The Kier molecular flexibility index (Phi) is 6.06. The molecule has 0 saturated carbocycles. The second-order valence-electron chi connectivity index (χ2n) is 6.64. The van der Waals surface area contributed by atoms with Gasteiger partial charge < -0.3 is 10.6 Å². The van der Waals surface area contributed by atoms with Crippen molar-refractivity contribution in [3.63, 3.8) is 0 Å². The lowest BCUT2D eigenvalue weighted by atomic mass is 10.1. The molecule has 1 fully saturated rings. The monoisotopic (exact) mass is 371 g/mol. The molecule has 6 heteroatoms. The Bertz CT molecular complexity index is 759. The van der Waals surface area contributed by atoms with E-state index in [9.17, 15) is 9.59 Å². The van der Waals surface area contributed by atoms with Gasteiger partial charge in [-0.05, 0) is 49.4 Å². The number of thiophene rings is 1. The summed E-state index contributed by atoms with van der Waals surface area (Å²) >= 11 is 1.71. The van der Waals surface area contributed by atoms with Crippen molar-refractivity contribution in [2.45, 2.75) is 38.9 Å². The lowest BCUT2D eigenvalue weighted by Gasteiger charge is -2.23. The highest BCUT2D eigenvalue weighted by atomic mass is 32.1. The molecule has 26 heavy (non-hydrogen) atoms. The van der Waals surface area contributed by atoms with Crippen LogP contribution in [0.2, 0.25) is 0 Å². The zero-order chi connectivity index (χ0) is 18.5. The fourth-order valence-electron chi connectivity index (χ4n) is 3.36. The molecule has 3 rings (SSSR count). The van der Waals surface area contributed by atoms with Crippen LogP contribution < -0.4 is 10.6 Å². The van der Waals surface area contributed by atoms with Crippen LogP contribution in [0.1, 0.15) is 34.1 Å². The average Bonchev–Trinajstić information content (AvgIpc) is 3.22. The predicted octanol–water partition coefficient (Wildman–Crippen LogP) is 2.57. The topological polar surface area (TPSA) is 61.4 Å². The number of rotatable bonds is 6. The van der Waals surface area contributed by atoms with Gasteiger partial charge in [0.15, 0.2) is 0 Å². The van der Waals surface area contributed by atoms with E-state index in [1.807, 2.05) is 25.1 Å². The second kappa shape index (κ2) is 8.47. The summed E-state index contributed by atoms with van der Waals surface area (Å²) in [6.07, 6.45) is 0.634. The first kappa shape index (κ1) is 18.6. The Morgan fingerprint density at radius 2 is 2.00 bits per heavy atom. The number of nitrogens with one attached hydrogen (secondary N) is 2. The smallest absolute Gasteiger partial charge is 0.251 e. The number of aryl methyl sites for hydroxylation is 1. The van der Waals surface area contributed by atoms with Gasteiger partial charge in [-0.2, -0.15) is 0 Å². The summed E-state index contributed by atoms with van der Waals surface area (Å²) in [5.74, 6) is -0.0439. The van der Waals surface area contributed by atoms with Gasteiger partial charge >= 0.3 is 0 Å². The van der Waals surface area contributed by atoms with Crippen molar-refractivity contribution >= 4 is 23.2 Å². The number of hydrogen-bond donors (Lipinski definition) is 2. The molecule has 1 aromatic carbocycles. The van der Waals surface area contributed by atoms with Crippen molar-refractivity contribution in [2.75, 3.05) is 13.1 Å². The minimum atomic E-state index is -0.211. The van der Waals surface area contributed by atoms with Crippen LogP contribution in [0.4, 0.5) is 0 Å². The third kappa shape index (κ3) is 4.31. The Morgan fingerprint density at radius 3 is 2.65 bits per heavy atom. The van der Waals surface area contributed by atoms with E-state index >= 15 is 0 Å². The van der Waals surface area contributed by atoms with E-state index in [0.29, 0.717) is 25.1 Å². The molecule has 0 aliphatic carbocycles. The molecule has 2 aromatic rings. The Morgan fingerprint density at radius 1 is 1.23 bits per heavy atom. The highest BCUT2D eigenvalue weighted by Gasteiger charge is 2.37. The molecule has 1 aliphatic rings. The maximum atomic E-state index is 12.5. The van der Waals surface area contributed by atoms with Crippen LogP contribution in [-0.4, -0.2) is 41.9 Å². The summed E-state index contributed by atoms with van der Waals surface area (Å²) in [4.78, 5) is 28.4. The zero-order valence-electron chi connectivity index (χ0n) is 15.2. The second-order valence-corrected chi connectivity index (χ2v) is 7.64. The molecule has 1 saturated heterocycles. The molecule has 2 amide bonds. The third-order valence-corrected chi connectivity index (χ3v) is 5.75. The fourth-order valence-corrected chi connectivity index (χ4v) is 4.29. The predicted molar refractivity (Wildman–Crippen MR) is 104 cm³/mol. The molecule has 2 heterocycles. The summed E-state index contributed by atoms with van der Waals surface area (Å²) in [7, 11) is 0. The molecule has 0 radical (unpaired) electrons. The van der Waals surface area contributed by atoms with E-state index in [2.05, 4.69) is 33.9 Å². The van der Waals surface area contributed by atoms with E-state index < -0.39 is 0 Å². The van der Waals surface area contributed by atoms with Crippen LogP contribution in [-0.2, 0) is 11.3 Å². The molecule has 138 valence electrons. The molecule has 2 N–H and O–H groups in total. The first-order valence-electron chi connectivity index (χ1n) is 8.99. The zero-order valence-corrected chi connectivity index (χ0v) is 16.0. The molecule has 1 aromatic heterocycles. The van der Waals surface area contributed by atoms with Crippen LogP contribution in [0.15, 0.2) is 41.8 Å². The summed E-state index contributed by atoms with van der Waals surface area (Å²) < 4.78 is 0. The van der Waals surface area contributed by atoms with Gasteiger partial charge in [0.05, 0.1) is 6.04 Å². The van der Waals surface area contributed by atoms with Gasteiger partial charge in [0.1, 0.15) is 0 Å². The molecule has 2 atom stereocenters. The number of nitrogens with zero attached hydrogens (tertiary/aromatic N) is 1. The van der Waals surface area contributed by atoms with Gasteiger partial charge in [-0.1, -0.05) is 18.2 Å². The lowest BCUT2D eigenvalue weighted by Crippen LogP contribution is -2.42. The Labute approximate surface area is 158 Å². The molecule has 0 spiro atoms. The quantitative estimate of drug-likeness (QED) is 0.820. The number of hydrogen-bond acceptors (Lipinski definition) is 4. The Balaban J connectivity index is 1.70.